The number of piperazine rings is 1. The summed E-state index contributed by atoms with van der Waals surface area (Å²) >= 11 is 0. The predicted octanol–water partition coefficient (Wildman–Crippen LogP) is 0.563. The van der Waals surface area contributed by atoms with Crippen LogP contribution in [0.3, 0.4) is 0 Å². The molecule has 1 saturated heterocycles. The average Bonchev–Trinajstić information content (AvgIpc) is 2.55. The Balaban J connectivity index is 0.00000264. The summed E-state index contributed by atoms with van der Waals surface area (Å²) in [7, 11) is 3.76. The molecule has 1 N–H and O–H groups in total. The number of hydrogen-bond donors (Lipinski definition) is 1. The molecule has 1 saturated carbocycles. The molecule has 0 radical (unpaired) electrons. The molecule has 134 valence electrons. The third-order valence-electron chi connectivity index (χ3n) is 4.80. The van der Waals surface area contributed by atoms with Crippen LogP contribution in [-0.2, 0) is 9.59 Å². The molecule has 0 aromatic carbocycles. The minimum absolute atomic E-state index is 0. The second kappa shape index (κ2) is 10.1. The van der Waals surface area contributed by atoms with E-state index in [0.717, 1.165) is 39.0 Å². The molecule has 0 bridgehead atoms. The van der Waals surface area contributed by atoms with Crippen molar-refractivity contribution in [3.05, 3.63) is 0 Å². The number of hydrogen-bond acceptors (Lipinski definition) is 4. The van der Waals surface area contributed by atoms with Crippen LogP contribution in [0.2, 0.25) is 0 Å². The Bertz CT molecular complexity index is 382. The molecule has 23 heavy (non-hydrogen) atoms. The quantitative estimate of drug-likeness (QED) is 0.790. The fourth-order valence-electron chi connectivity index (χ4n) is 3.32. The average molecular weight is 347 g/mol. The van der Waals surface area contributed by atoms with Crippen molar-refractivity contribution < 1.29 is 9.59 Å². The lowest BCUT2D eigenvalue weighted by atomic mass is 9.94. The van der Waals surface area contributed by atoms with Crippen molar-refractivity contribution in [2.45, 2.75) is 38.1 Å². The summed E-state index contributed by atoms with van der Waals surface area (Å²) in [5, 5.41) is 3.24. The zero-order valence-corrected chi connectivity index (χ0v) is 15.2. The first-order valence-electron chi connectivity index (χ1n) is 8.50. The molecule has 2 aliphatic rings. The fraction of sp³-hybridized carbons (Fsp3) is 0.875. The van der Waals surface area contributed by atoms with Crippen LogP contribution in [0.5, 0.6) is 0 Å². The van der Waals surface area contributed by atoms with Gasteiger partial charge in [-0.25, -0.2) is 0 Å². The van der Waals surface area contributed by atoms with Crippen molar-refractivity contribution in [1.82, 2.24) is 20.0 Å². The van der Waals surface area contributed by atoms with Crippen molar-refractivity contribution in [2.75, 3.05) is 53.4 Å². The molecule has 1 heterocycles. The summed E-state index contributed by atoms with van der Waals surface area (Å²) < 4.78 is 0. The third-order valence-corrected chi connectivity index (χ3v) is 4.80. The summed E-state index contributed by atoms with van der Waals surface area (Å²) in [5.74, 6) is 0.250. The standard InChI is InChI=1S/C16H30N4O2.ClH/c1-18(13-16(22)20-10-8-17-9-11-20)12-15(21)19(2)14-6-4-3-5-7-14;/h14,17H,3-13H2,1-2H3;1H. The highest BCUT2D eigenvalue weighted by Crippen LogP contribution is 2.21. The van der Waals surface area contributed by atoms with E-state index >= 15 is 0 Å². The second-order valence-corrected chi connectivity index (χ2v) is 6.60. The Morgan fingerprint density at radius 1 is 1.04 bits per heavy atom. The summed E-state index contributed by atoms with van der Waals surface area (Å²) in [6.07, 6.45) is 5.97. The Labute approximate surface area is 146 Å². The van der Waals surface area contributed by atoms with E-state index < -0.39 is 0 Å². The zero-order valence-electron chi connectivity index (χ0n) is 14.4. The normalized spacial score (nSPS) is 19.3. The van der Waals surface area contributed by atoms with E-state index in [1.165, 1.54) is 19.3 Å². The van der Waals surface area contributed by atoms with Gasteiger partial charge in [-0.15, -0.1) is 12.4 Å². The summed E-state index contributed by atoms with van der Waals surface area (Å²) in [4.78, 5) is 30.2. The monoisotopic (exact) mass is 346 g/mol. The fourth-order valence-corrected chi connectivity index (χ4v) is 3.32. The Kier molecular flexibility index (Phi) is 8.87. The molecule has 0 unspecified atom stereocenters. The molecular weight excluding hydrogens is 316 g/mol. The topological polar surface area (TPSA) is 55.9 Å². The molecular formula is C16H31ClN4O2. The van der Waals surface area contributed by atoms with E-state index in [9.17, 15) is 9.59 Å². The minimum atomic E-state index is 0. The highest BCUT2D eigenvalue weighted by atomic mass is 35.5. The largest absolute Gasteiger partial charge is 0.342 e. The smallest absolute Gasteiger partial charge is 0.236 e. The van der Waals surface area contributed by atoms with E-state index in [0.29, 0.717) is 19.1 Å². The number of halogens is 1. The van der Waals surface area contributed by atoms with Crippen LogP contribution in [0.4, 0.5) is 0 Å². The first-order chi connectivity index (χ1) is 10.6. The first-order valence-corrected chi connectivity index (χ1v) is 8.50. The zero-order chi connectivity index (χ0) is 15.9. The van der Waals surface area contributed by atoms with Crippen LogP contribution < -0.4 is 5.32 Å². The van der Waals surface area contributed by atoms with E-state index in [2.05, 4.69) is 5.32 Å². The van der Waals surface area contributed by atoms with Gasteiger partial charge in [0.05, 0.1) is 13.1 Å². The van der Waals surface area contributed by atoms with Gasteiger partial charge in [-0.2, -0.15) is 0 Å². The number of nitrogens with zero attached hydrogens (tertiary/aromatic N) is 3. The first kappa shape index (κ1) is 20.2. The van der Waals surface area contributed by atoms with Gasteiger partial charge >= 0.3 is 0 Å². The van der Waals surface area contributed by atoms with Crippen LogP contribution >= 0.6 is 12.4 Å². The van der Waals surface area contributed by atoms with Crippen molar-refractivity contribution in [3.8, 4) is 0 Å². The summed E-state index contributed by atoms with van der Waals surface area (Å²) in [6.45, 7) is 3.90. The summed E-state index contributed by atoms with van der Waals surface area (Å²) in [6, 6.07) is 0.388. The van der Waals surface area contributed by atoms with Gasteiger partial charge < -0.3 is 15.1 Å². The lowest BCUT2D eigenvalue weighted by Crippen LogP contribution is -2.50. The van der Waals surface area contributed by atoms with E-state index in [-0.39, 0.29) is 24.2 Å². The number of amides is 2. The number of rotatable bonds is 5. The van der Waals surface area contributed by atoms with E-state index in [1.54, 1.807) is 0 Å². The maximum absolute atomic E-state index is 12.4. The minimum Gasteiger partial charge on any atom is -0.342 e. The van der Waals surface area contributed by atoms with Crippen LogP contribution in [0.15, 0.2) is 0 Å². The van der Waals surface area contributed by atoms with Gasteiger partial charge in [0, 0.05) is 39.3 Å². The lowest BCUT2D eigenvalue weighted by Gasteiger charge is -2.33. The maximum atomic E-state index is 12.4. The predicted molar refractivity (Wildman–Crippen MR) is 93.8 cm³/mol. The lowest BCUT2D eigenvalue weighted by molar-refractivity contribution is -0.136. The number of likely N-dealkylation sites (N-methyl/N-ethyl adjacent to an activating group) is 2. The molecule has 2 fully saturated rings. The maximum Gasteiger partial charge on any atom is 0.236 e. The van der Waals surface area contributed by atoms with Crippen LogP contribution in [0.25, 0.3) is 0 Å². The van der Waals surface area contributed by atoms with Gasteiger partial charge in [-0.05, 0) is 19.9 Å². The third kappa shape index (κ3) is 6.28. The summed E-state index contributed by atoms with van der Waals surface area (Å²) in [5.41, 5.74) is 0. The molecule has 0 aromatic rings. The number of carbonyl (C=O) groups excluding carboxylic acids is 2. The van der Waals surface area contributed by atoms with Gasteiger partial charge in [0.1, 0.15) is 0 Å². The van der Waals surface area contributed by atoms with Crippen molar-refractivity contribution in [3.63, 3.8) is 0 Å². The van der Waals surface area contributed by atoms with Crippen LogP contribution in [0.1, 0.15) is 32.1 Å². The molecule has 0 atom stereocenters. The van der Waals surface area contributed by atoms with E-state index in [1.807, 2.05) is 28.8 Å². The molecule has 0 spiro atoms. The van der Waals surface area contributed by atoms with Gasteiger partial charge in [-0.1, -0.05) is 19.3 Å². The number of carbonyl (C=O) groups is 2. The highest BCUT2D eigenvalue weighted by Gasteiger charge is 2.24. The molecule has 1 aliphatic heterocycles. The van der Waals surface area contributed by atoms with E-state index in [4.69, 9.17) is 0 Å². The molecule has 7 heteroatoms. The van der Waals surface area contributed by atoms with Crippen LogP contribution in [-0.4, -0.2) is 85.9 Å². The van der Waals surface area contributed by atoms with Gasteiger partial charge in [0.2, 0.25) is 11.8 Å². The van der Waals surface area contributed by atoms with Crippen molar-refractivity contribution >= 4 is 24.2 Å². The molecule has 6 nitrogen and oxygen atoms in total. The van der Waals surface area contributed by atoms with Crippen molar-refractivity contribution in [2.24, 2.45) is 0 Å². The van der Waals surface area contributed by atoms with Gasteiger partial charge in [0.15, 0.2) is 0 Å². The Morgan fingerprint density at radius 3 is 2.26 bits per heavy atom. The SMILES string of the molecule is CN(CC(=O)N1CCNCC1)CC(=O)N(C)C1CCCCC1.Cl. The van der Waals surface area contributed by atoms with Crippen molar-refractivity contribution in [1.29, 1.82) is 0 Å². The number of nitrogens with one attached hydrogen (secondary N) is 1. The van der Waals surface area contributed by atoms with Crippen LogP contribution in [0, 0.1) is 0 Å². The molecule has 1 aliphatic carbocycles. The van der Waals surface area contributed by atoms with Gasteiger partial charge in [0.25, 0.3) is 0 Å². The Hall–Kier alpha value is -0.850. The molecule has 2 rings (SSSR count). The second-order valence-electron chi connectivity index (χ2n) is 6.60. The van der Waals surface area contributed by atoms with Gasteiger partial charge in [-0.3, -0.25) is 14.5 Å². The molecule has 0 aromatic heterocycles. The Morgan fingerprint density at radius 2 is 1.65 bits per heavy atom. The molecule has 2 amide bonds. The highest BCUT2D eigenvalue weighted by molar-refractivity contribution is 5.85.